The van der Waals surface area contributed by atoms with Crippen molar-refractivity contribution in [3.05, 3.63) is 0 Å². The van der Waals surface area contributed by atoms with Crippen molar-refractivity contribution in [3.8, 4) is 0 Å². The Morgan fingerprint density at radius 2 is 1.53 bits per heavy atom. The Labute approximate surface area is 306 Å². The van der Waals surface area contributed by atoms with E-state index in [0.29, 0.717) is 12.8 Å². The summed E-state index contributed by atoms with van der Waals surface area (Å²) in [6.07, 6.45) is -0.622. The molecule has 4 atom stereocenters. The molecule has 45 heavy (non-hydrogen) atoms. The van der Waals surface area contributed by atoms with E-state index in [4.69, 9.17) is 4.74 Å². The van der Waals surface area contributed by atoms with Gasteiger partial charge in [-0.2, -0.15) is 0 Å². The molecular formula is C27H41N5Na2O11. The van der Waals surface area contributed by atoms with Crippen molar-refractivity contribution in [2.24, 2.45) is 11.8 Å². The molecule has 0 bridgehead atoms. The van der Waals surface area contributed by atoms with Crippen LogP contribution in [0, 0.1) is 11.8 Å². The number of carboxylic acids is 2. The number of likely N-dealkylation sites (tertiary alicyclic amines) is 1. The molecule has 1 rings (SSSR count). The molecule has 0 aromatic carbocycles. The quantitative estimate of drug-likeness (QED) is 0.0845. The molecule has 16 nitrogen and oxygen atoms in total. The number of hydrogen-bond donors (Lipinski definition) is 4. The predicted octanol–water partition coefficient (Wildman–Crippen LogP) is -9.26. The minimum atomic E-state index is -1.91. The van der Waals surface area contributed by atoms with Gasteiger partial charge >= 0.3 is 65.2 Å². The molecular weight excluding hydrogens is 616 g/mol. The van der Waals surface area contributed by atoms with E-state index in [0.717, 1.165) is 0 Å². The summed E-state index contributed by atoms with van der Waals surface area (Å²) >= 11 is 0. The normalized spacial score (nSPS) is 15.8. The first-order valence-electron chi connectivity index (χ1n) is 14.1. The number of alkyl carbamates (subject to hydrolysis) is 1. The number of amides is 5. The van der Waals surface area contributed by atoms with Crippen LogP contribution < -0.4 is 90.6 Å². The fraction of sp³-hybridized carbons (Fsp3) is 0.704. The summed E-state index contributed by atoms with van der Waals surface area (Å²) in [6.45, 7) is 8.42. The van der Waals surface area contributed by atoms with Crippen molar-refractivity contribution in [1.82, 2.24) is 26.2 Å². The summed E-state index contributed by atoms with van der Waals surface area (Å²) in [6, 6.07) is -5.14. The third kappa shape index (κ3) is 15.7. The molecule has 4 N–H and O–H groups in total. The van der Waals surface area contributed by atoms with E-state index in [1.165, 1.54) is 4.90 Å². The van der Waals surface area contributed by atoms with Crippen LogP contribution in [0.4, 0.5) is 4.79 Å². The molecule has 0 radical (unpaired) electrons. The second-order valence-electron chi connectivity index (χ2n) is 11.0. The van der Waals surface area contributed by atoms with E-state index in [2.05, 4.69) is 10.6 Å². The van der Waals surface area contributed by atoms with Crippen molar-refractivity contribution in [1.29, 1.82) is 0 Å². The Morgan fingerprint density at radius 1 is 0.911 bits per heavy atom. The van der Waals surface area contributed by atoms with Gasteiger partial charge in [0.05, 0.1) is 31.2 Å². The van der Waals surface area contributed by atoms with Crippen LogP contribution in [0.15, 0.2) is 0 Å². The monoisotopic (exact) mass is 657 g/mol. The Kier molecular flexibility index (Phi) is 22.3. The number of rotatable bonds is 17. The molecule has 242 valence electrons. The van der Waals surface area contributed by atoms with Gasteiger partial charge < -0.3 is 50.7 Å². The first-order chi connectivity index (χ1) is 20.1. The second-order valence-corrected chi connectivity index (χ2v) is 11.0. The van der Waals surface area contributed by atoms with Crippen LogP contribution >= 0.6 is 0 Å². The number of nitrogens with one attached hydrogen (secondary N) is 4. The standard InChI is InChI=1S/C27H43N5O11.2Na/c1-6-8-16(22(36)24(38)28-12-19(33)29-17(26(40)41)11-20(34)35)30-23(37)18-9-7-10-32(18)25(39)21(15(4)5)31-27(42)43-13-14(2)3;;/h14-18,21H,6-13H2,1-5H3,(H,28,38)(H,29,33)(H,30,37)(H,31,42)(H,34,35)(H,40,41);;/q;2*+1/p-2/t16?,17-,18-,21-;;/m0../s1. The molecule has 1 heterocycles. The zero-order valence-electron chi connectivity index (χ0n) is 27.1. The third-order valence-electron chi connectivity index (χ3n) is 6.43. The number of nitrogens with zero attached hydrogens (tertiary/aromatic N) is 1. The summed E-state index contributed by atoms with van der Waals surface area (Å²) in [5.74, 6) is -8.48. The maximum Gasteiger partial charge on any atom is 1.00 e. The van der Waals surface area contributed by atoms with E-state index < -0.39 is 84.6 Å². The Hall–Kier alpha value is -2.24. The van der Waals surface area contributed by atoms with Crippen molar-refractivity contribution in [2.75, 3.05) is 19.7 Å². The van der Waals surface area contributed by atoms with Crippen LogP contribution in [0.2, 0.25) is 0 Å². The third-order valence-corrected chi connectivity index (χ3v) is 6.43. The molecule has 1 saturated heterocycles. The molecule has 0 aromatic heterocycles. The Bertz CT molecular complexity index is 1070. The van der Waals surface area contributed by atoms with E-state index in [9.17, 15) is 48.6 Å². The molecule has 1 aliphatic rings. The number of carbonyl (C=O) groups is 8. The van der Waals surface area contributed by atoms with Crippen molar-refractivity contribution in [2.45, 2.75) is 90.9 Å². The molecule has 0 aliphatic carbocycles. The van der Waals surface area contributed by atoms with Gasteiger partial charge in [0.25, 0.3) is 5.91 Å². The first kappa shape index (κ1) is 44.9. The number of aliphatic carboxylic acids is 2. The van der Waals surface area contributed by atoms with Crippen molar-refractivity contribution < 1.29 is 112 Å². The van der Waals surface area contributed by atoms with Gasteiger partial charge in [0, 0.05) is 18.9 Å². The molecule has 1 fully saturated rings. The van der Waals surface area contributed by atoms with E-state index in [-0.39, 0.29) is 96.9 Å². The number of carboxylic acid groups (broad SMARTS) is 2. The van der Waals surface area contributed by atoms with Gasteiger partial charge in [0.1, 0.15) is 12.1 Å². The zero-order chi connectivity index (χ0) is 32.9. The number of ether oxygens (including phenoxy) is 1. The van der Waals surface area contributed by atoms with Gasteiger partial charge in [0.15, 0.2) is 0 Å². The number of ketones is 1. The Morgan fingerprint density at radius 3 is 2.04 bits per heavy atom. The number of hydrogen-bond acceptors (Lipinski definition) is 11. The summed E-state index contributed by atoms with van der Waals surface area (Å²) < 4.78 is 5.12. The minimum Gasteiger partial charge on any atom is -0.550 e. The summed E-state index contributed by atoms with van der Waals surface area (Å²) in [5.41, 5.74) is 0. The summed E-state index contributed by atoms with van der Waals surface area (Å²) in [4.78, 5) is 99.0. The smallest absolute Gasteiger partial charge is 0.550 e. The molecule has 0 spiro atoms. The maximum atomic E-state index is 13.4. The van der Waals surface area contributed by atoms with Crippen molar-refractivity contribution in [3.63, 3.8) is 0 Å². The average Bonchev–Trinajstić information content (AvgIpc) is 3.42. The topological polar surface area (TPSA) is 243 Å². The van der Waals surface area contributed by atoms with E-state index in [1.807, 2.05) is 24.5 Å². The van der Waals surface area contributed by atoms with E-state index in [1.54, 1.807) is 20.8 Å². The van der Waals surface area contributed by atoms with Crippen LogP contribution in [0.25, 0.3) is 0 Å². The fourth-order valence-corrected chi connectivity index (χ4v) is 4.24. The van der Waals surface area contributed by atoms with Crippen LogP contribution in [-0.4, -0.2) is 96.2 Å². The van der Waals surface area contributed by atoms with Gasteiger partial charge in [-0.1, -0.05) is 41.0 Å². The van der Waals surface area contributed by atoms with Crippen molar-refractivity contribution >= 4 is 47.4 Å². The minimum absolute atomic E-state index is 0. The van der Waals surface area contributed by atoms with Crippen LogP contribution in [0.3, 0.4) is 0 Å². The van der Waals surface area contributed by atoms with Gasteiger partial charge in [-0.3, -0.25) is 24.0 Å². The SMILES string of the molecule is CCCC(NC(=O)[C@@H]1CCCN1C(=O)[C@@H](NC(=O)OCC(C)C)C(C)C)C(=O)C(=O)NCC(=O)N[C@@H](CC(=O)[O-])C(=O)[O-].[Na+].[Na+]. The zero-order valence-corrected chi connectivity index (χ0v) is 31.1. The van der Waals surface area contributed by atoms with Gasteiger partial charge in [-0.25, -0.2) is 4.79 Å². The first-order valence-corrected chi connectivity index (χ1v) is 14.1. The molecule has 5 amide bonds. The fourth-order valence-electron chi connectivity index (χ4n) is 4.24. The average molecular weight is 658 g/mol. The van der Waals surface area contributed by atoms with Crippen LogP contribution in [-0.2, 0) is 38.3 Å². The molecule has 0 saturated carbocycles. The Balaban J connectivity index is 0. The molecule has 1 unspecified atom stereocenters. The maximum absolute atomic E-state index is 13.4. The van der Waals surface area contributed by atoms with Crippen LogP contribution in [0.5, 0.6) is 0 Å². The predicted molar refractivity (Wildman–Crippen MR) is 144 cm³/mol. The van der Waals surface area contributed by atoms with Gasteiger partial charge in [-0.05, 0) is 31.1 Å². The number of carbonyl (C=O) groups excluding carboxylic acids is 8. The van der Waals surface area contributed by atoms with Gasteiger partial charge in [-0.15, -0.1) is 0 Å². The summed E-state index contributed by atoms with van der Waals surface area (Å²) in [5, 5.41) is 30.5. The largest absolute Gasteiger partial charge is 1.00 e. The second kappa shape index (κ2) is 22.3. The number of Topliss-reactive ketones (excluding diaryl/α,β-unsaturated/α-hetero) is 1. The molecule has 0 aromatic rings. The summed E-state index contributed by atoms with van der Waals surface area (Å²) in [7, 11) is 0. The van der Waals surface area contributed by atoms with E-state index >= 15 is 0 Å². The molecule has 1 aliphatic heterocycles. The van der Waals surface area contributed by atoms with Crippen LogP contribution in [0.1, 0.15) is 66.7 Å². The molecule has 18 heteroatoms. The van der Waals surface area contributed by atoms with Gasteiger partial charge in [0.2, 0.25) is 23.5 Å².